The Balaban J connectivity index is 1.37. The molecule has 7 nitrogen and oxygen atoms in total. The van der Waals surface area contributed by atoms with Gasteiger partial charge in [0, 0.05) is 36.0 Å². The Morgan fingerprint density at radius 2 is 1.84 bits per heavy atom. The van der Waals surface area contributed by atoms with E-state index in [1.165, 1.54) is 23.7 Å². The van der Waals surface area contributed by atoms with Crippen molar-refractivity contribution in [2.75, 3.05) is 22.9 Å². The monoisotopic (exact) mass is 712 g/mol. The second-order valence-corrected chi connectivity index (χ2v) is 13.9. The van der Waals surface area contributed by atoms with Gasteiger partial charge in [0.1, 0.15) is 5.69 Å². The summed E-state index contributed by atoms with van der Waals surface area (Å²) in [5.74, 6) is 1.47. The summed E-state index contributed by atoms with van der Waals surface area (Å²) >= 11 is 2.96. The number of amides is 1. The summed E-state index contributed by atoms with van der Waals surface area (Å²) in [6, 6.07) is 18.0. The van der Waals surface area contributed by atoms with Crippen molar-refractivity contribution in [3.8, 4) is 11.3 Å². The maximum absolute atomic E-state index is 13.0. The van der Waals surface area contributed by atoms with Crippen LogP contribution < -0.4 is 4.31 Å². The lowest BCUT2D eigenvalue weighted by Crippen LogP contribution is -2.36. The molecule has 264 valence electrons. The Morgan fingerprint density at radius 1 is 1.04 bits per heavy atom. The van der Waals surface area contributed by atoms with Crippen molar-refractivity contribution in [1.82, 2.24) is 4.98 Å². The number of ether oxygens (including phenoxy) is 2. The molecular weight excluding hydrogens is 665 g/mol. The van der Waals surface area contributed by atoms with Crippen LogP contribution >= 0.6 is 23.7 Å². The van der Waals surface area contributed by atoms with Gasteiger partial charge in [0.2, 0.25) is 5.91 Å². The predicted octanol–water partition coefficient (Wildman–Crippen LogP) is 10.3. The van der Waals surface area contributed by atoms with E-state index in [1.807, 2.05) is 111 Å². The van der Waals surface area contributed by atoms with Crippen molar-refractivity contribution in [2.45, 2.75) is 83.0 Å². The van der Waals surface area contributed by atoms with Crippen LogP contribution in [0.5, 0.6) is 0 Å². The van der Waals surface area contributed by atoms with E-state index < -0.39 is 6.29 Å². The van der Waals surface area contributed by atoms with Gasteiger partial charge in [-0.15, -0.1) is 0 Å². The lowest BCUT2D eigenvalue weighted by Gasteiger charge is -2.36. The summed E-state index contributed by atoms with van der Waals surface area (Å²) in [6.07, 6.45) is 20.2. The summed E-state index contributed by atoms with van der Waals surface area (Å²) in [5, 5.41) is 10.3. The maximum Gasteiger partial charge on any atom is 0.256 e. The quantitative estimate of drug-likeness (QED) is 0.0722. The molecule has 1 N–H and O–H groups in total. The van der Waals surface area contributed by atoms with E-state index in [-0.39, 0.29) is 24.7 Å². The summed E-state index contributed by atoms with van der Waals surface area (Å²) in [4.78, 5) is 17.9. The van der Waals surface area contributed by atoms with Crippen LogP contribution in [0.25, 0.3) is 16.9 Å². The first-order valence-corrected chi connectivity index (χ1v) is 19.6. The molecule has 0 spiro atoms. The first-order valence-electron chi connectivity index (χ1n) is 17.4. The second kappa shape index (κ2) is 19.1. The molecule has 1 amide bonds. The Labute approximate surface area is 305 Å². The van der Waals surface area contributed by atoms with Gasteiger partial charge in [0.15, 0.2) is 12.1 Å². The number of nitrogens with zero attached hydrogens (tertiary/aromatic N) is 2. The normalized spacial score (nSPS) is 19.7. The molecule has 5 rings (SSSR count). The molecule has 50 heavy (non-hydrogen) atoms. The number of benzene rings is 2. The number of aromatic nitrogens is 1. The van der Waals surface area contributed by atoms with Crippen LogP contribution in [0.15, 0.2) is 118 Å². The fourth-order valence-corrected chi connectivity index (χ4v) is 7.44. The number of anilines is 1. The number of carbonyl (C=O) groups excluding carboxylic acids is 1. The Kier molecular flexibility index (Phi) is 14.4. The molecule has 1 aromatic heterocycles. The highest BCUT2D eigenvalue weighted by Gasteiger charge is 2.33. The number of rotatable bonds is 15. The van der Waals surface area contributed by atoms with Crippen LogP contribution in [-0.4, -0.2) is 46.8 Å². The topological polar surface area (TPSA) is 85.0 Å². The molecule has 0 bridgehead atoms. The highest BCUT2D eigenvalue weighted by atomic mass is 32.2. The average Bonchev–Trinajstić information content (AvgIpc) is 3.43. The number of carbonyl (C=O) groups is 1. The van der Waals surface area contributed by atoms with E-state index in [2.05, 4.69) is 13.0 Å². The molecule has 1 saturated heterocycles. The summed E-state index contributed by atoms with van der Waals surface area (Å²) in [6.45, 7) is 6.15. The molecule has 9 heteroatoms. The van der Waals surface area contributed by atoms with Crippen molar-refractivity contribution < 1.29 is 23.8 Å². The average molecular weight is 713 g/mol. The van der Waals surface area contributed by atoms with Crippen LogP contribution in [0.2, 0.25) is 0 Å². The molecular formula is C41H48N2O5S2. The summed E-state index contributed by atoms with van der Waals surface area (Å²) < 4.78 is 21.4. The third kappa shape index (κ3) is 9.80. The van der Waals surface area contributed by atoms with Crippen LogP contribution in [0, 0.1) is 0 Å². The van der Waals surface area contributed by atoms with Gasteiger partial charge >= 0.3 is 0 Å². The Bertz CT molecular complexity index is 1710. The Morgan fingerprint density at radius 3 is 2.54 bits per heavy atom. The first-order chi connectivity index (χ1) is 24.5. The zero-order chi connectivity index (χ0) is 35.3. The fraction of sp³-hybridized carbons (Fsp3) is 0.366. The molecule has 2 aliphatic rings. The largest absolute Gasteiger partial charge is 0.431 e. The lowest BCUT2D eigenvalue weighted by atomic mass is 10.0. The predicted molar refractivity (Wildman–Crippen MR) is 207 cm³/mol. The molecule has 2 aromatic carbocycles. The molecule has 3 aromatic rings. The number of aliphatic hydroxyl groups excluding tert-OH is 1. The molecule has 1 aliphatic carbocycles. The zero-order valence-electron chi connectivity index (χ0n) is 29.4. The SMILES string of the molecule is C/C=C\C(=C/C)c1nc(SCC2CC(C3=CCC=C(CO)C=C3)OC(c3ccc(N(SC)C(=O)CCCCC)cc3)O2)oc1-c1ccccc1. The number of unbranched alkanes of at least 4 members (excludes halogenated alkanes) is 2. The van der Waals surface area contributed by atoms with Crippen molar-refractivity contribution in [1.29, 1.82) is 0 Å². The van der Waals surface area contributed by atoms with E-state index in [0.29, 0.717) is 23.8 Å². The molecule has 1 fully saturated rings. The van der Waals surface area contributed by atoms with Crippen molar-refractivity contribution in [2.24, 2.45) is 0 Å². The van der Waals surface area contributed by atoms with Crippen molar-refractivity contribution in [3.05, 3.63) is 120 Å². The molecule has 0 saturated carbocycles. The molecule has 1 aliphatic heterocycles. The van der Waals surface area contributed by atoms with Gasteiger partial charge in [-0.2, -0.15) is 0 Å². The van der Waals surface area contributed by atoms with Gasteiger partial charge in [-0.1, -0.05) is 117 Å². The van der Waals surface area contributed by atoms with E-state index in [0.717, 1.165) is 70.7 Å². The minimum absolute atomic E-state index is 0.000744. The lowest BCUT2D eigenvalue weighted by molar-refractivity contribution is -0.233. The van der Waals surface area contributed by atoms with Gasteiger partial charge in [0.25, 0.3) is 5.22 Å². The highest BCUT2D eigenvalue weighted by molar-refractivity contribution is 8.00. The van der Waals surface area contributed by atoms with Crippen molar-refractivity contribution in [3.63, 3.8) is 0 Å². The number of hydrogen-bond donors (Lipinski definition) is 1. The summed E-state index contributed by atoms with van der Waals surface area (Å²) in [5.41, 5.74) is 6.45. The van der Waals surface area contributed by atoms with Gasteiger partial charge in [0.05, 0.1) is 24.5 Å². The van der Waals surface area contributed by atoms with Crippen LogP contribution in [0.4, 0.5) is 5.69 Å². The summed E-state index contributed by atoms with van der Waals surface area (Å²) in [7, 11) is 0. The van der Waals surface area contributed by atoms with Crippen LogP contribution in [-0.2, 0) is 14.3 Å². The van der Waals surface area contributed by atoms with E-state index in [4.69, 9.17) is 18.9 Å². The van der Waals surface area contributed by atoms with Crippen LogP contribution in [0.3, 0.4) is 0 Å². The molecule has 3 unspecified atom stereocenters. The molecule has 3 atom stereocenters. The zero-order valence-corrected chi connectivity index (χ0v) is 31.1. The van der Waals surface area contributed by atoms with E-state index in [1.54, 1.807) is 4.31 Å². The standard InChI is InChI=1S/C41H48N2O5S2/c1-5-8-10-19-37(45)43(49-4)34-24-22-33(23-25-34)40-46-35(26-36(47-40)31-18-13-15-29(27-44)20-21-31)28-50-41-42-38(30(7-3)14-6-2)39(48-41)32-16-11-9-12-17-32/h6-7,9,11-12,14-18,20-25,35-36,40,44H,5,8,10,13,19,26-28H2,1-4H3/b14-6-,30-7+. The van der Waals surface area contributed by atoms with Crippen molar-refractivity contribution >= 4 is 40.9 Å². The Hall–Kier alpha value is -3.60. The van der Waals surface area contributed by atoms with Gasteiger partial charge in [-0.25, -0.2) is 4.98 Å². The smallest absolute Gasteiger partial charge is 0.256 e. The molecule has 2 heterocycles. The van der Waals surface area contributed by atoms with Gasteiger partial charge in [-0.3, -0.25) is 9.10 Å². The minimum atomic E-state index is -0.608. The maximum atomic E-state index is 13.0. The minimum Gasteiger partial charge on any atom is -0.431 e. The highest BCUT2D eigenvalue weighted by Crippen LogP contribution is 2.39. The van der Waals surface area contributed by atoms with Gasteiger partial charge in [-0.05, 0) is 67.5 Å². The fourth-order valence-electron chi connectivity index (χ4n) is 5.97. The number of hydrogen-bond acceptors (Lipinski definition) is 8. The second-order valence-electron chi connectivity index (χ2n) is 12.2. The number of allylic oxidation sites excluding steroid dienone is 6. The number of thioether (sulfide) groups is 1. The van der Waals surface area contributed by atoms with Crippen LogP contribution in [0.1, 0.15) is 76.8 Å². The third-order valence-corrected chi connectivity index (χ3v) is 10.4. The van der Waals surface area contributed by atoms with E-state index in [9.17, 15) is 9.90 Å². The van der Waals surface area contributed by atoms with Gasteiger partial charge < -0.3 is 19.0 Å². The first kappa shape index (κ1) is 37.7. The van der Waals surface area contributed by atoms with E-state index >= 15 is 0 Å². The molecule has 0 radical (unpaired) electrons. The third-order valence-electron chi connectivity index (χ3n) is 8.63. The number of aliphatic hydroxyl groups is 1. The number of oxazole rings is 1.